The molecule has 1 fully saturated rings. The van der Waals surface area contributed by atoms with Crippen molar-refractivity contribution in [2.24, 2.45) is 5.92 Å². The van der Waals surface area contributed by atoms with Gasteiger partial charge in [0.05, 0.1) is 0 Å². The van der Waals surface area contributed by atoms with E-state index in [0.717, 1.165) is 18.8 Å². The molecule has 2 unspecified atom stereocenters. The summed E-state index contributed by atoms with van der Waals surface area (Å²) in [5.74, 6) is 2.00. The first-order valence-corrected chi connectivity index (χ1v) is 5.12. The van der Waals surface area contributed by atoms with Gasteiger partial charge in [0.25, 0.3) is 5.89 Å². The maximum absolute atomic E-state index is 10.4. The monoisotopic (exact) mass is 194 g/mol. The molecule has 2 rings (SSSR count). The summed E-state index contributed by atoms with van der Waals surface area (Å²) in [6.45, 7) is 2.21. The average Bonchev–Trinajstić information content (AvgIpc) is 2.86. The van der Waals surface area contributed by atoms with Crippen LogP contribution in [0.5, 0.6) is 0 Å². The molecule has 1 saturated carbocycles. The van der Waals surface area contributed by atoms with Crippen molar-refractivity contribution < 1.29 is 9.32 Å². The van der Waals surface area contributed by atoms with Crippen molar-refractivity contribution in [1.29, 1.82) is 0 Å². The van der Waals surface area contributed by atoms with Crippen molar-refractivity contribution in [1.82, 2.24) is 10.1 Å². The van der Waals surface area contributed by atoms with Crippen LogP contribution in [0.25, 0.3) is 0 Å². The molecule has 0 spiro atoms. The Hall–Kier alpha value is -1.19. The minimum Gasteiger partial charge on any atom is -0.331 e. The first-order chi connectivity index (χ1) is 6.83. The lowest BCUT2D eigenvalue weighted by Crippen LogP contribution is -1.97. The van der Waals surface area contributed by atoms with Crippen LogP contribution < -0.4 is 0 Å². The molecule has 2 atom stereocenters. The SMILES string of the molecule is CCC1CCC(c2noc(C=O)n2)C1. The third kappa shape index (κ3) is 1.69. The zero-order chi connectivity index (χ0) is 9.97. The van der Waals surface area contributed by atoms with Crippen molar-refractivity contribution in [3.8, 4) is 0 Å². The molecule has 0 bridgehead atoms. The number of carbonyl (C=O) groups is 1. The molecule has 4 heteroatoms. The topological polar surface area (TPSA) is 56.0 Å². The van der Waals surface area contributed by atoms with E-state index in [1.165, 1.54) is 12.8 Å². The molecular weight excluding hydrogens is 180 g/mol. The Morgan fingerprint density at radius 3 is 3.00 bits per heavy atom. The van der Waals surface area contributed by atoms with Crippen LogP contribution in [0.3, 0.4) is 0 Å². The van der Waals surface area contributed by atoms with Gasteiger partial charge in [0.1, 0.15) is 0 Å². The summed E-state index contributed by atoms with van der Waals surface area (Å²) in [6.07, 6.45) is 5.31. The molecule has 0 N–H and O–H groups in total. The summed E-state index contributed by atoms with van der Waals surface area (Å²) in [5, 5.41) is 3.82. The van der Waals surface area contributed by atoms with E-state index in [1.807, 2.05) is 0 Å². The fraction of sp³-hybridized carbons (Fsp3) is 0.700. The van der Waals surface area contributed by atoms with Gasteiger partial charge in [-0.1, -0.05) is 18.5 Å². The van der Waals surface area contributed by atoms with E-state index in [1.54, 1.807) is 0 Å². The molecular formula is C10H14N2O2. The predicted octanol–water partition coefficient (Wildman–Crippen LogP) is 2.18. The average molecular weight is 194 g/mol. The smallest absolute Gasteiger partial charge is 0.290 e. The zero-order valence-electron chi connectivity index (χ0n) is 8.27. The van der Waals surface area contributed by atoms with Crippen molar-refractivity contribution in [3.05, 3.63) is 11.7 Å². The molecule has 14 heavy (non-hydrogen) atoms. The number of hydrogen-bond acceptors (Lipinski definition) is 4. The first-order valence-electron chi connectivity index (χ1n) is 5.12. The quantitative estimate of drug-likeness (QED) is 0.692. The molecule has 0 aromatic carbocycles. The van der Waals surface area contributed by atoms with Gasteiger partial charge in [0, 0.05) is 5.92 Å². The van der Waals surface area contributed by atoms with E-state index in [0.29, 0.717) is 18.0 Å². The van der Waals surface area contributed by atoms with Crippen LogP contribution in [-0.4, -0.2) is 16.4 Å². The highest BCUT2D eigenvalue weighted by Gasteiger charge is 2.28. The van der Waals surface area contributed by atoms with Crippen molar-refractivity contribution >= 4 is 6.29 Å². The Morgan fingerprint density at radius 2 is 2.43 bits per heavy atom. The molecule has 0 amide bonds. The zero-order valence-corrected chi connectivity index (χ0v) is 8.27. The first kappa shape index (κ1) is 9.37. The van der Waals surface area contributed by atoms with E-state index in [4.69, 9.17) is 4.52 Å². The summed E-state index contributed by atoms with van der Waals surface area (Å²) < 4.78 is 4.77. The summed E-state index contributed by atoms with van der Waals surface area (Å²) in [7, 11) is 0. The Morgan fingerprint density at radius 1 is 1.57 bits per heavy atom. The molecule has 0 radical (unpaired) electrons. The Kier molecular flexibility index (Phi) is 2.61. The Balaban J connectivity index is 2.05. The summed E-state index contributed by atoms with van der Waals surface area (Å²) in [5.41, 5.74) is 0. The molecule has 1 aromatic rings. The minimum absolute atomic E-state index is 0.0972. The van der Waals surface area contributed by atoms with Gasteiger partial charge in [-0.3, -0.25) is 4.79 Å². The number of nitrogens with zero attached hydrogens (tertiary/aromatic N) is 2. The van der Waals surface area contributed by atoms with Crippen LogP contribution in [0.1, 0.15) is 55.0 Å². The predicted molar refractivity (Wildman–Crippen MR) is 50.1 cm³/mol. The van der Waals surface area contributed by atoms with E-state index >= 15 is 0 Å². The number of carbonyl (C=O) groups excluding carboxylic acids is 1. The standard InChI is InChI=1S/C10H14N2O2/c1-2-7-3-4-8(5-7)10-11-9(6-13)14-12-10/h6-8H,2-5H2,1H3. The van der Waals surface area contributed by atoms with Gasteiger partial charge in [0.2, 0.25) is 6.29 Å². The summed E-state index contributed by atoms with van der Waals surface area (Å²) >= 11 is 0. The number of aldehydes is 1. The van der Waals surface area contributed by atoms with Gasteiger partial charge in [-0.05, 0) is 25.2 Å². The Labute approximate surface area is 82.7 Å². The fourth-order valence-corrected chi connectivity index (χ4v) is 2.14. The van der Waals surface area contributed by atoms with E-state index in [9.17, 15) is 4.79 Å². The van der Waals surface area contributed by atoms with Crippen LogP contribution >= 0.6 is 0 Å². The highest BCUT2D eigenvalue weighted by Crippen LogP contribution is 2.38. The largest absolute Gasteiger partial charge is 0.331 e. The highest BCUT2D eigenvalue weighted by atomic mass is 16.5. The number of hydrogen-bond donors (Lipinski definition) is 0. The molecule has 4 nitrogen and oxygen atoms in total. The molecule has 1 aliphatic rings. The number of rotatable bonds is 3. The van der Waals surface area contributed by atoms with Crippen LogP contribution in [0, 0.1) is 5.92 Å². The summed E-state index contributed by atoms with van der Waals surface area (Å²) in [4.78, 5) is 14.4. The second-order valence-corrected chi connectivity index (χ2v) is 3.89. The van der Waals surface area contributed by atoms with E-state index in [-0.39, 0.29) is 5.89 Å². The van der Waals surface area contributed by atoms with Gasteiger partial charge >= 0.3 is 0 Å². The normalized spacial score (nSPS) is 26.6. The molecule has 0 saturated heterocycles. The van der Waals surface area contributed by atoms with Gasteiger partial charge in [-0.2, -0.15) is 4.98 Å². The van der Waals surface area contributed by atoms with Crippen LogP contribution in [0.2, 0.25) is 0 Å². The number of aromatic nitrogens is 2. The van der Waals surface area contributed by atoms with Crippen LogP contribution in [0.15, 0.2) is 4.52 Å². The Bertz CT molecular complexity index is 322. The third-order valence-electron chi connectivity index (χ3n) is 3.04. The van der Waals surface area contributed by atoms with Crippen LogP contribution in [0.4, 0.5) is 0 Å². The second-order valence-electron chi connectivity index (χ2n) is 3.89. The molecule has 1 aromatic heterocycles. The lowest BCUT2D eigenvalue weighted by molar-refractivity contribution is 0.108. The van der Waals surface area contributed by atoms with Gasteiger partial charge in [-0.25, -0.2) is 0 Å². The van der Waals surface area contributed by atoms with Gasteiger partial charge < -0.3 is 4.52 Å². The molecule has 1 aliphatic carbocycles. The van der Waals surface area contributed by atoms with Crippen molar-refractivity contribution in [3.63, 3.8) is 0 Å². The van der Waals surface area contributed by atoms with E-state index in [2.05, 4.69) is 17.1 Å². The lowest BCUT2D eigenvalue weighted by Gasteiger charge is -2.04. The maximum Gasteiger partial charge on any atom is 0.290 e. The molecule has 76 valence electrons. The minimum atomic E-state index is 0.0972. The molecule has 1 heterocycles. The lowest BCUT2D eigenvalue weighted by atomic mass is 10.0. The van der Waals surface area contributed by atoms with E-state index < -0.39 is 0 Å². The third-order valence-corrected chi connectivity index (χ3v) is 3.04. The van der Waals surface area contributed by atoms with Crippen molar-refractivity contribution in [2.45, 2.75) is 38.5 Å². The van der Waals surface area contributed by atoms with Gasteiger partial charge in [0.15, 0.2) is 5.82 Å². The molecule has 0 aliphatic heterocycles. The second kappa shape index (κ2) is 3.90. The van der Waals surface area contributed by atoms with Crippen molar-refractivity contribution in [2.75, 3.05) is 0 Å². The van der Waals surface area contributed by atoms with Crippen LogP contribution in [-0.2, 0) is 0 Å². The summed E-state index contributed by atoms with van der Waals surface area (Å²) in [6, 6.07) is 0. The fourth-order valence-electron chi connectivity index (χ4n) is 2.14. The highest BCUT2D eigenvalue weighted by molar-refractivity contribution is 5.66. The maximum atomic E-state index is 10.4. The van der Waals surface area contributed by atoms with Gasteiger partial charge in [-0.15, -0.1) is 0 Å².